The fraction of sp³-hybridized carbons (Fsp3) is 0.0526. The molecule has 0 aliphatic carbocycles. The molecule has 1 heterocycles. The number of carbonyl (C=O) groups excluding carboxylic acids is 2. The normalized spacial score (nSPS) is 15.2. The van der Waals surface area contributed by atoms with Gasteiger partial charge in [-0.1, -0.05) is 23.7 Å². The topological polar surface area (TPSA) is 52.6 Å². The number of cyclic esters (lactones) is 1. The van der Waals surface area contributed by atoms with E-state index < -0.39 is 11.9 Å². The molecule has 1 aliphatic rings. The first kappa shape index (κ1) is 16.0. The van der Waals surface area contributed by atoms with Gasteiger partial charge in [-0.3, -0.25) is 4.79 Å². The Labute approximate surface area is 144 Å². The van der Waals surface area contributed by atoms with Crippen LogP contribution in [0, 0.1) is 0 Å². The first-order valence-electron chi connectivity index (χ1n) is 7.21. The minimum absolute atomic E-state index is 0.398. The monoisotopic (exact) mass is 340 g/mol. The van der Waals surface area contributed by atoms with Gasteiger partial charge in [0.25, 0.3) is 0 Å². The lowest BCUT2D eigenvalue weighted by Gasteiger charge is -2.02. The molecule has 0 N–H and O–H groups in total. The molecule has 0 radical (unpaired) electrons. The average molecular weight is 341 g/mol. The van der Waals surface area contributed by atoms with Crippen LogP contribution in [0.1, 0.15) is 18.1 Å². The van der Waals surface area contributed by atoms with Crippen LogP contribution in [0.5, 0.6) is 5.75 Å². The van der Waals surface area contributed by atoms with Gasteiger partial charge in [0.2, 0.25) is 0 Å². The second kappa shape index (κ2) is 6.72. The molecule has 0 spiro atoms. The van der Waals surface area contributed by atoms with Crippen LogP contribution in [0.2, 0.25) is 5.02 Å². The summed E-state index contributed by atoms with van der Waals surface area (Å²) >= 11 is 5.86. The van der Waals surface area contributed by atoms with Gasteiger partial charge in [0.05, 0.1) is 5.57 Å². The number of carbonyl (C=O) groups is 2. The van der Waals surface area contributed by atoms with Crippen molar-refractivity contribution in [3.05, 3.63) is 76.3 Å². The Kier molecular flexibility index (Phi) is 4.49. The van der Waals surface area contributed by atoms with Crippen LogP contribution in [-0.2, 0) is 14.3 Å². The molecule has 0 amide bonds. The number of hydrogen-bond acceptors (Lipinski definition) is 4. The zero-order valence-corrected chi connectivity index (χ0v) is 13.5. The van der Waals surface area contributed by atoms with E-state index in [4.69, 9.17) is 21.1 Å². The zero-order chi connectivity index (χ0) is 17.1. The highest BCUT2D eigenvalue weighted by molar-refractivity contribution is 6.30. The second-order valence-electron chi connectivity index (χ2n) is 5.17. The molecule has 0 unspecified atom stereocenters. The Hall–Kier alpha value is -2.85. The van der Waals surface area contributed by atoms with Gasteiger partial charge >= 0.3 is 11.9 Å². The molecule has 5 heteroatoms. The first-order valence-corrected chi connectivity index (χ1v) is 7.59. The maximum atomic E-state index is 12.0. The predicted molar refractivity (Wildman–Crippen MR) is 91.2 cm³/mol. The first-order chi connectivity index (χ1) is 11.5. The van der Waals surface area contributed by atoms with Crippen molar-refractivity contribution in [2.45, 2.75) is 6.92 Å². The van der Waals surface area contributed by atoms with Crippen LogP contribution in [-0.4, -0.2) is 11.9 Å². The lowest BCUT2D eigenvalue weighted by molar-refractivity contribution is -0.132. The molecule has 0 saturated carbocycles. The molecule has 0 saturated heterocycles. The third-order valence-corrected chi connectivity index (χ3v) is 3.55. The summed E-state index contributed by atoms with van der Waals surface area (Å²) in [5, 5.41) is 0.613. The van der Waals surface area contributed by atoms with Crippen molar-refractivity contribution < 1.29 is 19.1 Å². The van der Waals surface area contributed by atoms with Crippen molar-refractivity contribution in [1.82, 2.24) is 0 Å². The van der Waals surface area contributed by atoms with Crippen molar-refractivity contribution in [2.24, 2.45) is 0 Å². The molecule has 120 valence electrons. The van der Waals surface area contributed by atoms with Crippen LogP contribution >= 0.6 is 11.6 Å². The van der Waals surface area contributed by atoms with Gasteiger partial charge < -0.3 is 9.47 Å². The molecule has 1 aliphatic heterocycles. The zero-order valence-electron chi connectivity index (χ0n) is 12.8. The summed E-state index contributed by atoms with van der Waals surface area (Å²) in [6.07, 6.45) is 3.35. The van der Waals surface area contributed by atoms with E-state index in [2.05, 4.69) is 0 Å². The lowest BCUT2D eigenvalue weighted by Crippen LogP contribution is -2.01. The molecule has 0 atom stereocenters. The smallest absolute Gasteiger partial charge is 0.343 e. The Balaban J connectivity index is 1.88. The van der Waals surface area contributed by atoms with Crippen LogP contribution in [0.3, 0.4) is 0 Å². The van der Waals surface area contributed by atoms with E-state index >= 15 is 0 Å². The van der Waals surface area contributed by atoms with E-state index in [1.165, 1.54) is 6.92 Å². The van der Waals surface area contributed by atoms with Gasteiger partial charge in [-0.15, -0.1) is 0 Å². The summed E-state index contributed by atoms with van der Waals surface area (Å²) in [5.41, 5.74) is 1.92. The number of hydrogen-bond donors (Lipinski definition) is 0. The Bertz CT molecular complexity index is 863. The molecule has 0 aromatic heterocycles. The number of ether oxygens (including phenoxy) is 2. The van der Waals surface area contributed by atoms with Crippen LogP contribution < -0.4 is 4.74 Å². The number of esters is 2. The van der Waals surface area contributed by atoms with Crippen molar-refractivity contribution in [3.63, 3.8) is 0 Å². The fourth-order valence-electron chi connectivity index (χ4n) is 2.26. The van der Waals surface area contributed by atoms with Gasteiger partial charge in [-0.05, 0) is 54.1 Å². The standard InChI is InChI=1S/C19H13ClO4/c1-12(21)23-17-4-2-3-13(10-17)9-15-11-18(24-19(15)22)14-5-7-16(20)8-6-14/h2-11H,1H3/b15-9+. The van der Waals surface area contributed by atoms with Crippen LogP contribution in [0.4, 0.5) is 0 Å². The largest absolute Gasteiger partial charge is 0.427 e. The van der Waals surface area contributed by atoms with Crippen LogP contribution in [0.15, 0.2) is 60.2 Å². The molecule has 0 bridgehead atoms. The van der Waals surface area contributed by atoms with Gasteiger partial charge in [0.1, 0.15) is 11.5 Å². The molecule has 2 aromatic carbocycles. The highest BCUT2D eigenvalue weighted by Crippen LogP contribution is 2.28. The predicted octanol–water partition coefficient (Wildman–Crippen LogP) is 4.25. The molecule has 3 rings (SSSR count). The number of halogens is 1. The summed E-state index contributed by atoms with van der Waals surface area (Å²) in [4.78, 5) is 23.1. The summed E-state index contributed by atoms with van der Waals surface area (Å²) in [5.74, 6) is 0.0621. The summed E-state index contributed by atoms with van der Waals surface area (Å²) < 4.78 is 10.3. The Morgan fingerprint density at radius 3 is 2.62 bits per heavy atom. The minimum atomic E-state index is -0.433. The van der Waals surface area contributed by atoms with Crippen molar-refractivity contribution >= 4 is 35.4 Å². The highest BCUT2D eigenvalue weighted by Gasteiger charge is 2.21. The van der Waals surface area contributed by atoms with Gasteiger partial charge in [-0.25, -0.2) is 4.79 Å². The molecule has 2 aromatic rings. The number of rotatable bonds is 3. The third kappa shape index (κ3) is 3.73. The maximum Gasteiger partial charge on any atom is 0.343 e. The fourth-order valence-corrected chi connectivity index (χ4v) is 2.38. The van der Waals surface area contributed by atoms with Crippen LogP contribution in [0.25, 0.3) is 11.8 Å². The molecule has 24 heavy (non-hydrogen) atoms. The van der Waals surface area contributed by atoms with E-state index in [0.29, 0.717) is 22.1 Å². The lowest BCUT2D eigenvalue weighted by atomic mass is 10.1. The van der Waals surface area contributed by atoms with E-state index in [-0.39, 0.29) is 0 Å². The highest BCUT2D eigenvalue weighted by atomic mass is 35.5. The van der Waals surface area contributed by atoms with E-state index in [1.807, 2.05) is 0 Å². The maximum absolute atomic E-state index is 12.0. The quantitative estimate of drug-likeness (QED) is 0.476. The summed E-state index contributed by atoms with van der Waals surface area (Å²) in [7, 11) is 0. The second-order valence-corrected chi connectivity index (χ2v) is 5.61. The molecular weight excluding hydrogens is 328 g/mol. The molecular formula is C19H13ClO4. The van der Waals surface area contributed by atoms with Gasteiger partial charge in [-0.2, -0.15) is 0 Å². The SMILES string of the molecule is CC(=O)Oc1cccc(/C=C2\C=C(c3ccc(Cl)cc3)OC2=O)c1. The van der Waals surface area contributed by atoms with Gasteiger partial charge in [0.15, 0.2) is 0 Å². The van der Waals surface area contributed by atoms with Crippen molar-refractivity contribution in [3.8, 4) is 5.75 Å². The van der Waals surface area contributed by atoms with E-state index in [0.717, 1.165) is 11.1 Å². The molecule has 4 nitrogen and oxygen atoms in total. The van der Waals surface area contributed by atoms with Crippen molar-refractivity contribution in [1.29, 1.82) is 0 Å². The van der Waals surface area contributed by atoms with E-state index in [9.17, 15) is 9.59 Å². The van der Waals surface area contributed by atoms with E-state index in [1.54, 1.807) is 60.7 Å². The Morgan fingerprint density at radius 1 is 1.17 bits per heavy atom. The van der Waals surface area contributed by atoms with Crippen molar-refractivity contribution in [2.75, 3.05) is 0 Å². The third-order valence-electron chi connectivity index (χ3n) is 3.30. The molecule has 0 fully saturated rings. The summed E-state index contributed by atoms with van der Waals surface area (Å²) in [6.45, 7) is 1.33. The average Bonchev–Trinajstić information content (AvgIpc) is 2.89. The minimum Gasteiger partial charge on any atom is -0.427 e. The summed E-state index contributed by atoms with van der Waals surface area (Å²) in [6, 6.07) is 13.9. The Morgan fingerprint density at radius 2 is 1.92 bits per heavy atom. The van der Waals surface area contributed by atoms with Gasteiger partial charge in [0, 0.05) is 17.5 Å². The number of benzene rings is 2.